The number of ether oxygens (including phenoxy) is 1. The second-order valence-electron chi connectivity index (χ2n) is 10.3. The number of benzene rings is 1. The number of thioether (sulfide) groups is 1. The van der Waals surface area contributed by atoms with E-state index in [1.807, 2.05) is 11.6 Å². The summed E-state index contributed by atoms with van der Waals surface area (Å²) in [6.45, 7) is 11.2. The van der Waals surface area contributed by atoms with E-state index in [4.69, 9.17) is 15.0 Å². The molecule has 1 fully saturated rings. The van der Waals surface area contributed by atoms with Crippen LogP contribution in [0.25, 0.3) is 0 Å². The number of nitrogens with two attached hydrogens (primary N) is 1. The third kappa shape index (κ3) is 8.80. The minimum Gasteiger partial charge on any atom is -0.461 e. The van der Waals surface area contributed by atoms with Gasteiger partial charge >= 0.3 is 5.97 Å². The van der Waals surface area contributed by atoms with Crippen LogP contribution in [-0.2, 0) is 30.3 Å². The number of primary amides is 1. The molecule has 1 heterocycles. The van der Waals surface area contributed by atoms with Gasteiger partial charge in [-0.1, -0.05) is 20.8 Å². The zero-order valence-electron chi connectivity index (χ0n) is 22.2. The van der Waals surface area contributed by atoms with Crippen LogP contribution in [0.5, 0.6) is 0 Å². The Balaban J connectivity index is 2.23. The Morgan fingerprint density at radius 2 is 1.81 bits per heavy atom. The maximum atomic E-state index is 13.6. The number of hydrogen-bond acceptors (Lipinski definition) is 9. The molecule has 0 aliphatic carbocycles. The van der Waals surface area contributed by atoms with Crippen LogP contribution in [0, 0.1) is 10.1 Å². The fourth-order valence-corrected chi connectivity index (χ4v) is 8.94. The number of carbonyl (C=O) groups is 3. The maximum Gasteiger partial charge on any atom is 0.309 e. The number of nitro benzene ring substituents is 1. The van der Waals surface area contributed by atoms with Gasteiger partial charge in [-0.3, -0.25) is 24.5 Å². The van der Waals surface area contributed by atoms with Crippen LogP contribution in [-0.4, -0.2) is 66.7 Å². The molecule has 2 rings (SSSR count). The molecule has 1 aliphatic heterocycles. The van der Waals surface area contributed by atoms with E-state index < -0.39 is 35.9 Å². The Morgan fingerprint density at radius 3 is 2.32 bits per heavy atom. The number of non-ortho nitro benzene ring substituents is 1. The molecular weight excluding hydrogens is 516 g/mol. The maximum absolute atomic E-state index is 13.6. The summed E-state index contributed by atoms with van der Waals surface area (Å²) in [6, 6.07) is 5.85. The summed E-state index contributed by atoms with van der Waals surface area (Å²) in [5, 5.41) is 14.5. The summed E-state index contributed by atoms with van der Waals surface area (Å²) >= 11 is 1.30. The summed E-state index contributed by atoms with van der Waals surface area (Å²) < 4.78 is 12.4. The highest BCUT2D eigenvalue weighted by Crippen LogP contribution is 2.47. The van der Waals surface area contributed by atoms with Gasteiger partial charge in [0.15, 0.2) is 0 Å². The predicted octanol–water partition coefficient (Wildman–Crippen LogP) is 3.13. The van der Waals surface area contributed by atoms with Crippen molar-refractivity contribution in [1.82, 2.24) is 10.4 Å². The molecule has 37 heavy (non-hydrogen) atoms. The third-order valence-electron chi connectivity index (χ3n) is 6.67. The van der Waals surface area contributed by atoms with Gasteiger partial charge in [0.1, 0.15) is 6.61 Å². The van der Waals surface area contributed by atoms with E-state index in [9.17, 15) is 24.5 Å². The highest BCUT2D eigenvalue weighted by molar-refractivity contribution is 8.00. The van der Waals surface area contributed by atoms with Crippen molar-refractivity contribution >= 4 is 43.6 Å². The average Bonchev–Trinajstić information content (AvgIpc) is 3.33. The molecule has 0 aromatic heterocycles. The number of nitrogens with one attached hydrogen (secondary N) is 1. The second-order valence-corrected chi connectivity index (χ2v) is 16.3. The van der Waals surface area contributed by atoms with Gasteiger partial charge in [-0.15, -0.1) is 11.8 Å². The fourth-order valence-electron chi connectivity index (χ4n) is 3.83. The summed E-state index contributed by atoms with van der Waals surface area (Å²) in [5.74, 6) is -1.12. The molecule has 206 valence electrons. The van der Waals surface area contributed by atoms with Crippen molar-refractivity contribution in [3.05, 3.63) is 39.9 Å². The average molecular weight is 555 g/mol. The van der Waals surface area contributed by atoms with Crippen molar-refractivity contribution in [2.45, 2.75) is 69.5 Å². The molecule has 0 spiro atoms. The van der Waals surface area contributed by atoms with Crippen LogP contribution in [0.2, 0.25) is 17.1 Å². The number of esters is 1. The van der Waals surface area contributed by atoms with E-state index in [2.05, 4.69) is 26.1 Å². The number of rotatable bonds is 13. The van der Waals surface area contributed by atoms with Crippen LogP contribution < -0.4 is 11.1 Å². The lowest BCUT2D eigenvalue weighted by Crippen LogP contribution is -2.55. The first kappa shape index (κ1) is 30.7. The van der Waals surface area contributed by atoms with E-state index in [1.54, 1.807) is 19.1 Å². The van der Waals surface area contributed by atoms with E-state index in [-0.39, 0.29) is 35.5 Å². The minimum absolute atomic E-state index is 0.0367. The largest absolute Gasteiger partial charge is 0.461 e. The highest BCUT2D eigenvalue weighted by Gasteiger charge is 2.54. The van der Waals surface area contributed by atoms with Gasteiger partial charge < -0.3 is 20.3 Å². The van der Waals surface area contributed by atoms with Crippen LogP contribution >= 0.6 is 11.8 Å². The predicted molar refractivity (Wildman–Crippen MR) is 144 cm³/mol. The number of carbonyl (C=O) groups excluding carboxylic acids is 3. The highest BCUT2D eigenvalue weighted by atomic mass is 32.2. The number of hydrogen-bond donors (Lipinski definition) is 2. The van der Waals surface area contributed by atoms with E-state index in [1.165, 1.54) is 23.9 Å². The third-order valence-corrected chi connectivity index (χ3v) is 13.6. The lowest BCUT2D eigenvalue weighted by Gasteiger charge is -2.45. The quantitative estimate of drug-likeness (QED) is 0.162. The molecule has 1 saturated heterocycles. The topological polar surface area (TPSA) is 154 Å². The van der Waals surface area contributed by atoms with Crippen LogP contribution in [0.15, 0.2) is 24.3 Å². The monoisotopic (exact) mass is 554 g/mol. The molecule has 3 atom stereocenters. The lowest BCUT2D eigenvalue weighted by molar-refractivity contribution is -0.384. The van der Waals surface area contributed by atoms with Gasteiger partial charge in [0.05, 0.1) is 22.3 Å². The van der Waals surface area contributed by atoms with Crippen LogP contribution in [0.4, 0.5) is 5.69 Å². The molecule has 11 nitrogen and oxygen atoms in total. The summed E-state index contributed by atoms with van der Waals surface area (Å²) in [5.41, 5.74) is 5.10. The summed E-state index contributed by atoms with van der Waals surface area (Å²) in [7, 11) is -2.87. The molecule has 13 heteroatoms. The van der Waals surface area contributed by atoms with Gasteiger partial charge in [-0.2, -0.15) is 0 Å². The normalized spacial score (nSPS) is 17.4. The van der Waals surface area contributed by atoms with Gasteiger partial charge in [0.2, 0.25) is 20.1 Å². The molecule has 0 bridgehead atoms. The lowest BCUT2D eigenvalue weighted by atomic mass is 10.2. The van der Waals surface area contributed by atoms with E-state index >= 15 is 0 Å². The first-order valence-electron chi connectivity index (χ1n) is 12.3. The van der Waals surface area contributed by atoms with E-state index in [0.717, 1.165) is 25.9 Å². The smallest absolute Gasteiger partial charge is 0.309 e. The fraction of sp³-hybridized carbons (Fsp3) is 0.625. The molecule has 3 N–H and O–H groups in total. The molecule has 1 aromatic carbocycles. The van der Waals surface area contributed by atoms with Crippen LogP contribution in [0.1, 0.15) is 46.1 Å². The first-order valence-corrected chi connectivity index (χ1v) is 15.8. The zero-order valence-corrected chi connectivity index (χ0v) is 24.0. The number of nitro groups is 1. The Hall–Kier alpha value is -2.48. The number of hydroxylamine groups is 2. The first-order chi connectivity index (χ1) is 17.2. The van der Waals surface area contributed by atoms with Crippen molar-refractivity contribution in [2.75, 3.05) is 25.4 Å². The summed E-state index contributed by atoms with van der Waals surface area (Å²) in [4.78, 5) is 47.4. The zero-order chi connectivity index (χ0) is 27.8. The van der Waals surface area contributed by atoms with Gasteiger partial charge in [0, 0.05) is 31.0 Å². The molecule has 1 aliphatic rings. The van der Waals surface area contributed by atoms with E-state index in [0.29, 0.717) is 5.56 Å². The van der Waals surface area contributed by atoms with Crippen molar-refractivity contribution < 1.29 is 28.6 Å². The Labute approximate surface area is 223 Å². The molecule has 0 radical (unpaired) electrons. The van der Waals surface area contributed by atoms with Crippen molar-refractivity contribution in [3.63, 3.8) is 0 Å². The van der Waals surface area contributed by atoms with Crippen molar-refractivity contribution in [2.24, 2.45) is 5.73 Å². The Morgan fingerprint density at radius 1 is 1.22 bits per heavy atom. The van der Waals surface area contributed by atoms with Gasteiger partial charge in [0.25, 0.3) is 5.69 Å². The SMILES string of the molecule is C[C@H](SC[C@H](C(=O)OCc1ccc([N+](=O)[O-])cc1)[Si](C)(ON1CCCC1)C(C)(C)C)C(=O)NCC(N)=O. The number of nitrogens with zero attached hydrogens (tertiary/aromatic N) is 2. The number of amides is 2. The molecule has 1 unspecified atom stereocenters. The van der Waals surface area contributed by atoms with Gasteiger partial charge in [-0.05, 0) is 49.0 Å². The minimum atomic E-state index is -2.87. The second kappa shape index (κ2) is 13.4. The van der Waals surface area contributed by atoms with Crippen molar-refractivity contribution in [1.29, 1.82) is 0 Å². The van der Waals surface area contributed by atoms with Crippen molar-refractivity contribution in [3.8, 4) is 0 Å². The molecule has 1 aromatic rings. The molecule has 2 amide bonds. The Bertz CT molecular complexity index is 967. The van der Waals surface area contributed by atoms with Gasteiger partial charge in [-0.25, -0.2) is 5.06 Å². The molecule has 0 saturated carbocycles. The molecular formula is C24H38N4O7SSi. The summed E-state index contributed by atoms with van der Waals surface area (Å²) in [6.07, 6.45) is 2.05. The Kier molecular flexibility index (Phi) is 11.1. The van der Waals surface area contributed by atoms with Crippen LogP contribution in [0.3, 0.4) is 0 Å². The standard InChI is InChI=1S/C24H38N4O7SSi/c1-17(22(30)26-14-21(25)29)36-16-20(37(5,24(2,3)4)35-27-12-6-7-13-27)23(31)34-15-18-8-10-19(11-9-18)28(32)33/h8-11,17,20H,6-7,12-16H2,1-5H3,(H2,25,29)(H,26,30)/t17-,20+,37?/m0/s1.